The number of likely N-dealkylation sites (N-methyl/N-ethyl adjacent to an activating group) is 1. The minimum absolute atomic E-state index is 0.0135. The minimum Gasteiger partial charge on any atom is -0.325 e. The Labute approximate surface area is 124 Å². The van der Waals surface area contributed by atoms with Crippen LogP contribution in [0.15, 0.2) is 23.1 Å². The SMILES string of the molecule is CC1C(=O)Nc2ccc(S(=O)(=O)N(C)C3CCNC3)cc21. The van der Waals surface area contributed by atoms with Gasteiger partial charge in [-0.3, -0.25) is 4.79 Å². The molecule has 2 N–H and O–H groups in total. The highest BCUT2D eigenvalue weighted by Gasteiger charge is 2.32. The molecule has 21 heavy (non-hydrogen) atoms. The number of fused-ring (bicyclic) bond motifs is 1. The van der Waals surface area contributed by atoms with Crippen LogP contribution in [0.25, 0.3) is 0 Å². The molecule has 2 aliphatic heterocycles. The smallest absolute Gasteiger partial charge is 0.243 e. The Kier molecular flexibility index (Phi) is 3.51. The summed E-state index contributed by atoms with van der Waals surface area (Å²) < 4.78 is 26.8. The molecule has 0 radical (unpaired) electrons. The van der Waals surface area contributed by atoms with Gasteiger partial charge in [0, 0.05) is 25.3 Å². The van der Waals surface area contributed by atoms with Gasteiger partial charge < -0.3 is 10.6 Å². The molecule has 1 aromatic carbocycles. The van der Waals surface area contributed by atoms with Gasteiger partial charge in [0.15, 0.2) is 0 Å². The van der Waals surface area contributed by atoms with Crippen molar-refractivity contribution in [3.63, 3.8) is 0 Å². The average molecular weight is 309 g/mol. The molecule has 2 aliphatic rings. The molecule has 3 rings (SSSR count). The summed E-state index contributed by atoms with van der Waals surface area (Å²) in [6.07, 6.45) is 0.817. The van der Waals surface area contributed by atoms with Crippen LogP contribution in [0.5, 0.6) is 0 Å². The summed E-state index contributed by atoms with van der Waals surface area (Å²) in [5.41, 5.74) is 1.45. The maximum atomic E-state index is 12.7. The third kappa shape index (κ3) is 2.35. The second kappa shape index (κ2) is 5.08. The predicted molar refractivity (Wildman–Crippen MR) is 79.7 cm³/mol. The maximum absolute atomic E-state index is 12.7. The monoisotopic (exact) mass is 309 g/mol. The standard InChI is InChI=1S/C14H19N3O3S/c1-9-12-7-11(3-4-13(12)16-14(9)18)21(19,20)17(2)10-5-6-15-8-10/h3-4,7,9-10,15H,5-6,8H2,1-2H3,(H,16,18). The molecule has 6 nitrogen and oxygen atoms in total. The lowest BCUT2D eigenvalue weighted by molar-refractivity contribution is -0.116. The van der Waals surface area contributed by atoms with Gasteiger partial charge in [0.2, 0.25) is 15.9 Å². The molecule has 2 heterocycles. The molecule has 1 saturated heterocycles. The molecule has 0 saturated carbocycles. The first kappa shape index (κ1) is 14.5. The van der Waals surface area contributed by atoms with Crippen LogP contribution in [0, 0.1) is 0 Å². The summed E-state index contributed by atoms with van der Waals surface area (Å²) in [6, 6.07) is 4.84. The number of rotatable bonds is 3. The van der Waals surface area contributed by atoms with Crippen molar-refractivity contribution in [2.24, 2.45) is 0 Å². The van der Waals surface area contributed by atoms with E-state index in [1.165, 1.54) is 4.31 Å². The third-order valence-electron chi connectivity index (χ3n) is 4.37. The molecule has 1 fully saturated rings. The fourth-order valence-electron chi connectivity index (χ4n) is 2.87. The Bertz CT molecular complexity index is 681. The molecular formula is C14H19N3O3S. The third-order valence-corrected chi connectivity index (χ3v) is 6.27. The Balaban J connectivity index is 1.95. The molecule has 2 unspecified atom stereocenters. The lowest BCUT2D eigenvalue weighted by atomic mass is 10.0. The normalized spacial score (nSPS) is 25.2. The van der Waals surface area contributed by atoms with Crippen molar-refractivity contribution in [3.8, 4) is 0 Å². The van der Waals surface area contributed by atoms with E-state index in [-0.39, 0.29) is 22.8 Å². The fraction of sp³-hybridized carbons (Fsp3) is 0.500. The summed E-state index contributed by atoms with van der Waals surface area (Å²) in [5, 5.41) is 5.92. The number of sulfonamides is 1. The molecule has 2 atom stereocenters. The molecule has 114 valence electrons. The highest BCUT2D eigenvalue weighted by Crippen LogP contribution is 2.34. The van der Waals surface area contributed by atoms with Crippen LogP contribution < -0.4 is 10.6 Å². The number of amides is 1. The van der Waals surface area contributed by atoms with Crippen LogP contribution >= 0.6 is 0 Å². The molecule has 0 aromatic heterocycles. The second-order valence-electron chi connectivity index (χ2n) is 5.63. The van der Waals surface area contributed by atoms with Crippen LogP contribution in [-0.2, 0) is 14.8 Å². The summed E-state index contributed by atoms with van der Waals surface area (Å²) in [7, 11) is -1.91. The van der Waals surface area contributed by atoms with E-state index < -0.39 is 10.0 Å². The van der Waals surface area contributed by atoms with E-state index in [0.29, 0.717) is 12.2 Å². The van der Waals surface area contributed by atoms with Gasteiger partial charge in [0.25, 0.3) is 0 Å². The number of carbonyl (C=O) groups excluding carboxylic acids is 1. The topological polar surface area (TPSA) is 78.5 Å². The van der Waals surface area contributed by atoms with Crippen molar-refractivity contribution in [2.45, 2.75) is 30.2 Å². The van der Waals surface area contributed by atoms with E-state index in [1.807, 2.05) is 0 Å². The lowest BCUT2D eigenvalue weighted by Gasteiger charge is -2.23. The molecule has 0 bridgehead atoms. The molecule has 7 heteroatoms. The predicted octanol–water partition coefficient (Wildman–Crippen LogP) is 0.725. The molecular weight excluding hydrogens is 290 g/mol. The first-order valence-electron chi connectivity index (χ1n) is 7.05. The Hall–Kier alpha value is -1.44. The highest BCUT2D eigenvalue weighted by atomic mass is 32.2. The number of anilines is 1. The number of benzene rings is 1. The van der Waals surface area contributed by atoms with Crippen molar-refractivity contribution in [1.29, 1.82) is 0 Å². The number of hydrogen-bond acceptors (Lipinski definition) is 4. The van der Waals surface area contributed by atoms with Gasteiger partial charge in [-0.25, -0.2) is 8.42 Å². The van der Waals surface area contributed by atoms with Gasteiger partial charge in [0.1, 0.15) is 0 Å². The highest BCUT2D eigenvalue weighted by molar-refractivity contribution is 7.89. The number of nitrogens with zero attached hydrogens (tertiary/aromatic N) is 1. The second-order valence-corrected chi connectivity index (χ2v) is 7.63. The van der Waals surface area contributed by atoms with Crippen molar-refractivity contribution in [1.82, 2.24) is 9.62 Å². The van der Waals surface area contributed by atoms with Crippen molar-refractivity contribution >= 4 is 21.6 Å². The molecule has 0 aliphatic carbocycles. The van der Waals surface area contributed by atoms with Gasteiger partial charge in [-0.2, -0.15) is 4.31 Å². The van der Waals surface area contributed by atoms with Crippen LogP contribution in [0.2, 0.25) is 0 Å². The first-order valence-corrected chi connectivity index (χ1v) is 8.49. The number of hydrogen-bond donors (Lipinski definition) is 2. The zero-order valence-electron chi connectivity index (χ0n) is 12.1. The molecule has 1 amide bonds. The Morgan fingerprint density at radius 3 is 2.76 bits per heavy atom. The Morgan fingerprint density at radius 1 is 1.33 bits per heavy atom. The summed E-state index contributed by atoms with van der Waals surface area (Å²) in [4.78, 5) is 11.9. The van der Waals surface area contributed by atoms with E-state index in [4.69, 9.17) is 0 Å². The number of nitrogens with one attached hydrogen (secondary N) is 2. The summed E-state index contributed by atoms with van der Waals surface area (Å²) in [5.74, 6) is -0.401. The number of carbonyl (C=O) groups is 1. The zero-order valence-corrected chi connectivity index (χ0v) is 12.9. The maximum Gasteiger partial charge on any atom is 0.243 e. The van der Waals surface area contributed by atoms with E-state index in [1.54, 1.807) is 32.2 Å². The summed E-state index contributed by atoms with van der Waals surface area (Å²) in [6.45, 7) is 3.30. The largest absolute Gasteiger partial charge is 0.325 e. The van der Waals surface area contributed by atoms with Crippen LogP contribution in [0.4, 0.5) is 5.69 Å². The van der Waals surface area contributed by atoms with E-state index in [9.17, 15) is 13.2 Å². The van der Waals surface area contributed by atoms with Crippen LogP contribution in [0.1, 0.15) is 24.8 Å². The van der Waals surface area contributed by atoms with E-state index in [2.05, 4.69) is 10.6 Å². The fourth-order valence-corrected chi connectivity index (χ4v) is 4.29. The quantitative estimate of drug-likeness (QED) is 0.862. The van der Waals surface area contributed by atoms with Crippen LogP contribution in [-0.4, -0.2) is 44.8 Å². The van der Waals surface area contributed by atoms with E-state index >= 15 is 0 Å². The first-order chi connectivity index (χ1) is 9.91. The van der Waals surface area contributed by atoms with Crippen molar-refractivity contribution in [2.75, 3.05) is 25.5 Å². The molecule has 1 aromatic rings. The average Bonchev–Trinajstić information content (AvgIpc) is 3.07. The van der Waals surface area contributed by atoms with Crippen LogP contribution in [0.3, 0.4) is 0 Å². The van der Waals surface area contributed by atoms with Crippen molar-refractivity contribution < 1.29 is 13.2 Å². The van der Waals surface area contributed by atoms with Crippen molar-refractivity contribution in [3.05, 3.63) is 23.8 Å². The minimum atomic E-state index is -3.53. The van der Waals surface area contributed by atoms with E-state index in [0.717, 1.165) is 18.5 Å². The Morgan fingerprint density at radius 2 is 2.10 bits per heavy atom. The van der Waals surface area contributed by atoms with Gasteiger partial charge >= 0.3 is 0 Å². The summed E-state index contributed by atoms with van der Waals surface area (Å²) >= 11 is 0. The van der Waals surface area contributed by atoms with Gasteiger partial charge in [-0.15, -0.1) is 0 Å². The van der Waals surface area contributed by atoms with Gasteiger partial charge in [-0.1, -0.05) is 0 Å². The zero-order chi connectivity index (χ0) is 15.2. The molecule has 0 spiro atoms. The van der Waals surface area contributed by atoms with Gasteiger partial charge in [-0.05, 0) is 43.7 Å². The lowest BCUT2D eigenvalue weighted by Crippen LogP contribution is -2.38. The van der Waals surface area contributed by atoms with Gasteiger partial charge in [0.05, 0.1) is 10.8 Å².